The number of aromatic carboxylic acids is 1. The van der Waals surface area contributed by atoms with Gasteiger partial charge in [-0.25, -0.2) is 9.78 Å². The van der Waals surface area contributed by atoms with Crippen molar-refractivity contribution in [2.24, 2.45) is 0 Å². The number of para-hydroxylation sites is 1. The first-order valence-corrected chi connectivity index (χ1v) is 5.92. The van der Waals surface area contributed by atoms with Gasteiger partial charge >= 0.3 is 5.97 Å². The Bertz CT molecular complexity index is 562. The number of benzene rings is 1. The van der Waals surface area contributed by atoms with Crippen LogP contribution in [0.5, 0.6) is 0 Å². The smallest absolute Gasteiger partial charge is 0.337 e. The maximum atomic E-state index is 11.2. The number of rotatable bonds is 5. The Morgan fingerprint density at radius 3 is 3.00 bits per heavy atom. The first kappa shape index (κ1) is 12.6. The molecule has 5 nitrogen and oxygen atoms in total. The van der Waals surface area contributed by atoms with Crippen LogP contribution in [0.3, 0.4) is 0 Å². The Hall–Kier alpha value is -1.88. The van der Waals surface area contributed by atoms with E-state index < -0.39 is 5.97 Å². The average molecular weight is 248 g/mol. The van der Waals surface area contributed by atoms with Gasteiger partial charge in [0.05, 0.1) is 35.6 Å². The highest BCUT2D eigenvalue weighted by Crippen LogP contribution is 2.18. The molecule has 2 rings (SSSR count). The number of carboxylic acids is 1. The van der Waals surface area contributed by atoms with Crippen LogP contribution in [0.15, 0.2) is 24.5 Å². The van der Waals surface area contributed by atoms with Crippen LogP contribution < -0.4 is 0 Å². The number of ether oxygens (including phenoxy) is 1. The summed E-state index contributed by atoms with van der Waals surface area (Å²) in [5, 5.41) is 9.19. The van der Waals surface area contributed by atoms with E-state index >= 15 is 0 Å². The van der Waals surface area contributed by atoms with E-state index in [1.807, 2.05) is 24.5 Å². The largest absolute Gasteiger partial charge is 0.478 e. The molecule has 5 heteroatoms. The topological polar surface area (TPSA) is 64.4 Å². The lowest BCUT2D eigenvalue weighted by molar-refractivity contribution is 0.0642. The van der Waals surface area contributed by atoms with E-state index in [2.05, 4.69) is 4.98 Å². The third-order valence-electron chi connectivity index (χ3n) is 2.77. The molecule has 0 aliphatic heterocycles. The van der Waals surface area contributed by atoms with E-state index in [1.165, 1.54) is 0 Å². The fourth-order valence-corrected chi connectivity index (χ4v) is 2.05. The minimum Gasteiger partial charge on any atom is -0.478 e. The monoisotopic (exact) mass is 248 g/mol. The normalized spacial score (nSPS) is 12.8. The molecule has 0 bridgehead atoms. The maximum Gasteiger partial charge on any atom is 0.337 e. The van der Waals surface area contributed by atoms with Gasteiger partial charge in [-0.05, 0) is 26.0 Å². The summed E-state index contributed by atoms with van der Waals surface area (Å²) < 4.78 is 7.30. The molecule has 0 fully saturated rings. The number of nitrogens with zero attached hydrogens (tertiary/aromatic N) is 2. The van der Waals surface area contributed by atoms with Gasteiger partial charge in [0.2, 0.25) is 0 Å². The summed E-state index contributed by atoms with van der Waals surface area (Å²) in [6.07, 6.45) is 1.68. The van der Waals surface area contributed by atoms with Crippen molar-refractivity contribution in [3.05, 3.63) is 30.1 Å². The molecular formula is C13H16N2O3. The van der Waals surface area contributed by atoms with Gasteiger partial charge in [-0.1, -0.05) is 6.07 Å². The highest BCUT2D eigenvalue weighted by Gasteiger charge is 2.14. The first-order chi connectivity index (χ1) is 8.63. The number of hydrogen-bond acceptors (Lipinski definition) is 3. The quantitative estimate of drug-likeness (QED) is 0.880. The van der Waals surface area contributed by atoms with E-state index in [9.17, 15) is 9.90 Å². The van der Waals surface area contributed by atoms with Gasteiger partial charge in [0, 0.05) is 6.61 Å². The Balaban J connectivity index is 2.42. The van der Waals surface area contributed by atoms with Gasteiger partial charge in [-0.15, -0.1) is 0 Å². The summed E-state index contributed by atoms with van der Waals surface area (Å²) in [6, 6.07) is 5.10. The van der Waals surface area contributed by atoms with Crippen molar-refractivity contribution in [1.29, 1.82) is 0 Å². The predicted molar refractivity (Wildman–Crippen MR) is 67.8 cm³/mol. The predicted octanol–water partition coefficient (Wildman–Crippen LogP) is 2.16. The summed E-state index contributed by atoms with van der Waals surface area (Å²) in [4.78, 5) is 15.4. The molecule has 0 spiro atoms. The molecule has 0 amide bonds. The van der Waals surface area contributed by atoms with Crippen LogP contribution in [0.2, 0.25) is 0 Å². The van der Waals surface area contributed by atoms with E-state index in [-0.39, 0.29) is 11.7 Å². The SMILES string of the molecule is CCOC(C)Cn1cnc2cccc(C(=O)O)c21. The van der Waals surface area contributed by atoms with E-state index in [1.54, 1.807) is 18.5 Å². The van der Waals surface area contributed by atoms with E-state index in [0.717, 1.165) is 0 Å². The van der Waals surface area contributed by atoms with Gasteiger partial charge in [0.15, 0.2) is 0 Å². The molecule has 0 saturated carbocycles. The molecule has 1 aromatic heterocycles. The molecule has 0 aliphatic carbocycles. The zero-order chi connectivity index (χ0) is 13.1. The number of imidazole rings is 1. The number of fused-ring (bicyclic) bond motifs is 1. The van der Waals surface area contributed by atoms with Gasteiger partial charge in [-0.2, -0.15) is 0 Å². The summed E-state index contributed by atoms with van der Waals surface area (Å²) in [5.74, 6) is -0.939. The molecule has 1 N–H and O–H groups in total. The Kier molecular flexibility index (Phi) is 3.62. The molecule has 1 atom stereocenters. The van der Waals surface area contributed by atoms with Crippen LogP contribution in [0.1, 0.15) is 24.2 Å². The second-order valence-corrected chi connectivity index (χ2v) is 4.14. The zero-order valence-corrected chi connectivity index (χ0v) is 10.5. The standard InChI is InChI=1S/C13H16N2O3/c1-3-18-9(2)7-15-8-14-11-6-4-5-10(12(11)15)13(16)17/h4-6,8-9H,3,7H2,1-2H3,(H,16,17). The molecule has 2 aromatic rings. The van der Waals surface area contributed by atoms with Crippen LogP contribution in [0.4, 0.5) is 0 Å². The highest BCUT2D eigenvalue weighted by molar-refractivity contribution is 6.01. The summed E-state index contributed by atoms with van der Waals surface area (Å²) >= 11 is 0. The molecular weight excluding hydrogens is 232 g/mol. The minimum atomic E-state index is -0.939. The number of hydrogen-bond donors (Lipinski definition) is 1. The van der Waals surface area contributed by atoms with Crippen LogP contribution in [0.25, 0.3) is 11.0 Å². The lowest BCUT2D eigenvalue weighted by Crippen LogP contribution is -2.16. The van der Waals surface area contributed by atoms with Crippen LogP contribution in [-0.2, 0) is 11.3 Å². The molecule has 0 saturated heterocycles. The minimum absolute atomic E-state index is 0.0225. The maximum absolute atomic E-state index is 11.2. The third kappa shape index (κ3) is 2.36. The molecule has 0 radical (unpaired) electrons. The van der Waals surface area contributed by atoms with Crippen LogP contribution >= 0.6 is 0 Å². The Morgan fingerprint density at radius 1 is 1.56 bits per heavy atom. The van der Waals surface area contributed by atoms with Crippen molar-refractivity contribution in [3.8, 4) is 0 Å². The fraction of sp³-hybridized carbons (Fsp3) is 0.385. The second-order valence-electron chi connectivity index (χ2n) is 4.14. The van der Waals surface area contributed by atoms with Crippen LogP contribution in [-0.4, -0.2) is 33.3 Å². The Morgan fingerprint density at radius 2 is 2.33 bits per heavy atom. The highest BCUT2D eigenvalue weighted by atomic mass is 16.5. The lowest BCUT2D eigenvalue weighted by Gasteiger charge is -2.13. The Labute approximate surface area is 105 Å². The fourth-order valence-electron chi connectivity index (χ4n) is 2.05. The van der Waals surface area contributed by atoms with Crippen molar-refractivity contribution in [2.45, 2.75) is 26.5 Å². The van der Waals surface area contributed by atoms with Gasteiger partial charge < -0.3 is 14.4 Å². The molecule has 1 heterocycles. The summed E-state index contributed by atoms with van der Waals surface area (Å²) in [6.45, 7) is 5.12. The molecule has 96 valence electrons. The van der Waals surface area contributed by atoms with Crippen LogP contribution in [0, 0.1) is 0 Å². The van der Waals surface area contributed by atoms with E-state index in [4.69, 9.17) is 4.74 Å². The first-order valence-electron chi connectivity index (χ1n) is 5.92. The van der Waals surface area contributed by atoms with Gasteiger partial charge in [0.1, 0.15) is 0 Å². The van der Waals surface area contributed by atoms with Crippen molar-refractivity contribution in [2.75, 3.05) is 6.61 Å². The van der Waals surface area contributed by atoms with Crippen molar-refractivity contribution >= 4 is 17.0 Å². The summed E-state index contributed by atoms with van der Waals surface area (Å²) in [5.41, 5.74) is 1.61. The average Bonchev–Trinajstić information content (AvgIpc) is 2.72. The van der Waals surface area contributed by atoms with Gasteiger partial charge in [-0.3, -0.25) is 0 Å². The second kappa shape index (κ2) is 5.18. The van der Waals surface area contributed by atoms with Gasteiger partial charge in [0.25, 0.3) is 0 Å². The third-order valence-corrected chi connectivity index (χ3v) is 2.77. The van der Waals surface area contributed by atoms with Crippen molar-refractivity contribution < 1.29 is 14.6 Å². The van der Waals surface area contributed by atoms with E-state index in [0.29, 0.717) is 24.2 Å². The molecule has 1 aromatic carbocycles. The van der Waals surface area contributed by atoms with Crippen molar-refractivity contribution in [1.82, 2.24) is 9.55 Å². The lowest BCUT2D eigenvalue weighted by atomic mass is 10.2. The number of carboxylic acid groups (broad SMARTS) is 1. The molecule has 1 unspecified atom stereocenters. The molecule has 0 aliphatic rings. The number of aromatic nitrogens is 2. The zero-order valence-electron chi connectivity index (χ0n) is 10.5. The number of carbonyl (C=O) groups is 1. The summed E-state index contributed by atoms with van der Waals surface area (Å²) in [7, 11) is 0. The van der Waals surface area contributed by atoms with Crippen molar-refractivity contribution in [3.63, 3.8) is 0 Å². The molecule has 18 heavy (non-hydrogen) atoms.